The second-order valence-corrected chi connectivity index (χ2v) is 4.74. The Morgan fingerprint density at radius 1 is 1.25 bits per heavy atom. The number of nitro benzene ring substituents is 2. The van der Waals surface area contributed by atoms with Gasteiger partial charge in [-0.1, -0.05) is 0 Å². The molecular weight excluding hydrogens is 324 g/mol. The van der Waals surface area contributed by atoms with Gasteiger partial charge in [-0.25, -0.2) is 4.79 Å². The number of carbonyl (C=O) groups is 2. The van der Waals surface area contributed by atoms with Crippen molar-refractivity contribution < 1.29 is 24.5 Å². The molecule has 0 radical (unpaired) electrons. The van der Waals surface area contributed by atoms with Crippen LogP contribution < -0.4 is 10.6 Å². The van der Waals surface area contributed by atoms with Gasteiger partial charge in [0.25, 0.3) is 11.4 Å². The molecule has 0 saturated heterocycles. The zero-order valence-electron chi connectivity index (χ0n) is 12.7. The molecule has 1 atom stereocenters. The van der Waals surface area contributed by atoms with Crippen LogP contribution in [0.4, 0.5) is 17.1 Å². The number of hydrogen-bond acceptors (Lipinski definition) is 7. The van der Waals surface area contributed by atoms with E-state index in [-0.39, 0.29) is 24.4 Å². The summed E-state index contributed by atoms with van der Waals surface area (Å²) in [5.74, 6) is -1.64. The molecule has 1 amide bonds. The van der Waals surface area contributed by atoms with Crippen LogP contribution in [0.1, 0.15) is 19.8 Å². The third-order valence-electron chi connectivity index (χ3n) is 3.05. The average molecular weight is 340 g/mol. The molecule has 24 heavy (non-hydrogen) atoms. The number of non-ortho nitro benzene ring substituents is 1. The van der Waals surface area contributed by atoms with Gasteiger partial charge in [-0.15, -0.1) is 0 Å². The number of nitro groups is 2. The minimum Gasteiger partial charge on any atom is -0.480 e. The highest BCUT2D eigenvalue weighted by Gasteiger charge is 2.25. The number of aliphatic carboxylic acids is 1. The summed E-state index contributed by atoms with van der Waals surface area (Å²) in [6.45, 7) is 2.11. The molecule has 1 aromatic carbocycles. The molecule has 130 valence electrons. The number of amides is 1. The summed E-state index contributed by atoms with van der Waals surface area (Å²) in [4.78, 5) is 42.7. The van der Waals surface area contributed by atoms with Gasteiger partial charge in [0.05, 0.1) is 15.9 Å². The van der Waals surface area contributed by atoms with E-state index in [1.54, 1.807) is 6.92 Å². The first-order valence-corrected chi connectivity index (χ1v) is 6.95. The molecule has 0 aliphatic rings. The van der Waals surface area contributed by atoms with Crippen LogP contribution in [0.15, 0.2) is 18.2 Å². The summed E-state index contributed by atoms with van der Waals surface area (Å²) in [5, 5.41) is 35.8. The molecule has 0 unspecified atom stereocenters. The van der Waals surface area contributed by atoms with Crippen molar-refractivity contribution in [1.82, 2.24) is 5.32 Å². The molecule has 0 bridgehead atoms. The molecule has 11 nitrogen and oxygen atoms in total. The Morgan fingerprint density at radius 2 is 1.92 bits per heavy atom. The van der Waals surface area contributed by atoms with E-state index < -0.39 is 33.2 Å². The van der Waals surface area contributed by atoms with Crippen LogP contribution in [0.25, 0.3) is 0 Å². The van der Waals surface area contributed by atoms with Crippen LogP contribution in [0.5, 0.6) is 0 Å². The largest absolute Gasteiger partial charge is 0.480 e. The standard InChI is InChI=1S/C13H16N4O7/c1-2-14-12(18)6-5-10(13(19)20)15-9-4-3-8(16(21)22)7-11(9)17(23)24/h3-4,7,10,15H,2,5-6H2,1H3,(H,14,18)(H,19,20)/t10-/m0/s1. The lowest BCUT2D eigenvalue weighted by molar-refractivity contribution is -0.393. The Hall–Kier alpha value is -3.24. The van der Waals surface area contributed by atoms with Gasteiger partial charge in [0.1, 0.15) is 11.7 Å². The number of anilines is 1. The van der Waals surface area contributed by atoms with Gasteiger partial charge in [-0.2, -0.15) is 0 Å². The topological polar surface area (TPSA) is 165 Å². The Bertz CT molecular complexity index is 662. The Kier molecular flexibility index (Phi) is 6.59. The third kappa shape index (κ3) is 5.19. The van der Waals surface area contributed by atoms with Crippen LogP contribution in [-0.4, -0.2) is 39.4 Å². The molecule has 0 aliphatic heterocycles. The molecule has 0 aromatic heterocycles. The van der Waals surface area contributed by atoms with Gasteiger partial charge in [0, 0.05) is 19.0 Å². The van der Waals surface area contributed by atoms with Gasteiger partial charge >= 0.3 is 5.97 Å². The molecule has 0 aliphatic carbocycles. The first-order valence-electron chi connectivity index (χ1n) is 6.95. The van der Waals surface area contributed by atoms with Crippen molar-refractivity contribution in [3.8, 4) is 0 Å². The van der Waals surface area contributed by atoms with Crippen LogP contribution >= 0.6 is 0 Å². The number of benzene rings is 1. The molecule has 3 N–H and O–H groups in total. The van der Waals surface area contributed by atoms with Crippen LogP contribution in [-0.2, 0) is 9.59 Å². The molecule has 0 heterocycles. The smallest absolute Gasteiger partial charge is 0.326 e. The summed E-state index contributed by atoms with van der Waals surface area (Å²) in [6.07, 6.45) is -0.187. The van der Waals surface area contributed by atoms with E-state index in [4.69, 9.17) is 0 Å². The normalized spacial score (nSPS) is 11.4. The summed E-state index contributed by atoms with van der Waals surface area (Å²) >= 11 is 0. The molecule has 1 rings (SSSR count). The van der Waals surface area contributed by atoms with Crippen molar-refractivity contribution in [2.24, 2.45) is 0 Å². The van der Waals surface area contributed by atoms with E-state index in [1.165, 1.54) is 0 Å². The van der Waals surface area contributed by atoms with Gasteiger partial charge in [0.15, 0.2) is 0 Å². The maximum atomic E-state index is 11.4. The second-order valence-electron chi connectivity index (χ2n) is 4.74. The first kappa shape index (κ1) is 18.8. The van der Waals surface area contributed by atoms with Crippen molar-refractivity contribution in [3.63, 3.8) is 0 Å². The Balaban J connectivity index is 2.97. The minimum atomic E-state index is -1.30. The summed E-state index contributed by atoms with van der Waals surface area (Å²) in [6, 6.07) is 1.58. The van der Waals surface area contributed by atoms with Crippen molar-refractivity contribution >= 4 is 28.9 Å². The molecule has 0 spiro atoms. The van der Waals surface area contributed by atoms with Crippen molar-refractivity contribution in [1.29, 1.82) is 0 Å². The highest BCUT2D eigenvalue weighted by atomic mass is 16.6. The zero-order valence-corrected chi connectivity index (χ0v) is 12.7. The SMILES string of the molecule is CCNC(=O)CC[C@H](Nc1ccc([N+](=O)[O-])cc1[N+](=O)[O-])C(=O)O. The number of hydrogen-bond donors (Lipinski definition) is 3. The third-order valence-corrected chi connectivity index (χ3v) is 3.05. The van der Waals surface area contributed by atoms with Crippen molar-refractivity contribution in [3.05, 3.63) is 38.4 Å². The molecule has 0 fully saturated rings. The Labute approximate surface area is 136 Å². The van der Waals surface area contributed by atoms with E-state index in [9.17, 15) is 34.9 Å². The van der Waals surface area contributed by atoms with Crippen LogP contribution in [0.3, 0.4) is 0 Å². The highest BCUT2D eigenvalue weighted by Crippen LogP contribution is 2.29. The van der Waals surface area contributed by atoms with Crippen molar-refractivity contribution in [2.75, 3.05) is 11.9 Å². The van der Waals surface area contributed by atoms with Crippen LogP contribution in [0, 0.1) is 20.2 Å². The lowest BCUT2D eigenvalue weighted by atomic mass is 10.1. The van der Waals surface area contributed by atoms with E-state index in [1.807, 2.05) is 0 Å². The fraction of sp³-hybridized carbons (Fsp3) is 0.385. The van der Waals surface area contributed by atoms with Crippen molar-refractivity contribution in [2.45, 2.75) is 25.8 Å². The fourth-order valence-corrected chi connectivity index (χ4v) is 1.91. The Morgan fingerprint density at radius 3 is 2.42 bits per heavy atom. The van der Waals surface area contributed by atoms with E-state index in [0.717, 1.165) is 18.2 Å². The minimum absolute atomic E-state index is 0.0847. The quantitative estimate of drug-likeness (QED) is 0.446. The highest BCUT2D eigenvalue weighted by molar-refractivity contribution is 5.81. The number of nitrogens with one attached hydrogen (secondary N) is 2. The van der Waals surface area contributed by atoms with Gasteiger partial charge < -0.3 is 15.7 Å². The average Bonchev–Trinajstić information content (AvgIpc) is 2.51. The lowest BCUT2D eigenvalue weighted by Gasteiger charge is -2.15. The van der Waals surface area contributed by atoms with E-state index in [0.29, 0.717) is 6.54 Å². The zero-order chi connectivity index (χ0) is 18.3. The summed E-state index contributed by atoms with van der Waals surface area (Å²) in [7, 11) is 0. The van der Waals surface area contributed by atoms with Gasteiger partial charge in [-0.3, -0.25) is 25.0 Å². The predicted octanol–water partition coefficient (Wildman–Crippen LogP) is 1.28. The summed E-state index contributed by atoms with van der Waals surface area (Å²) < 4.78 is 0. The first-order chi connectivity index (χ1) is 11.3. The number of carboxylic acid groups (broad SMARTS) is 1. The van der Waals surface area contributed by atoms with E-state index in [2.05, 4.69) is 10.6 Å². The summed E-state index contributed by atoms with van der Waals surface area (Å²) in [5.41, 5.74) is -1.27. The maximum Gasteiger partial charge on any atom is 0.326 e. The maximum absolute atomic E-state index is 11.4. The second kappa shape index (κ2) is 8.41. The predicted molar refractivity (Wildman–Crippen MR) is 82.7 cm³/mol. The lowest BCUT2D eigenvalue weighted by Crippen LogP contribution is -2.32. The number of carbonyl (C=O) groups excluding carboxylic acids is 1. The molecular formula is C13H16N4O7. The molecule has 1 aromatic rings. The monoisotopic (exact) mass is 340 g/mol. The number of nitrogens with zero attached hydrogens (tertiary/aromatic N) is 2. The van der Waals surface area contributed by atoms with Gasteiger partial charge in [0.2, 0.25) is 5.91 Å². The number of rotatable bonds is 9. The molecule has 11 heteroatoms. The number of carboxylic acids is 1. The van der Waals surface area contributed by atoms with Gasteiger partial charge in [-0.05, 0) is 19.4 Å². The van der Waals surface area contributed by atoms with E-state index >= 15 is 0 Å². The molecule has 0 saturated carbocycles. The fourth-order valence-electron chi connectivity index (χ4n) is 1.91. The van der Waals surface area contributed by atoms with Crippen LogP contribution in [0.2, 0.25) is 0 Å².